The predicted octanol–water partition coefficient (Wildman–Crippen LogP) is 3.82. The van der Waals surface area contributed by atoms with Crippen LogP contribution in [-0.2, 0) is 10.2 Å². The summed E-state index contributed by atoms with van der Waals surface area (Å²) in [5.41, 5.74) is 0.797. The number of fused-ring (bicyclic) bond motifs is 1. The topological polar surface area (TPSA) is 55.4 Å². The van der Waals surface area contributed by atoms with Crippen LogP contribution < -0.4 is 10.1 Å². The number of hydrogen-bond acceptors (Lipinski definition) is 3. The van der Waals surface area contributed by atoms with Crippen molar-refractivity contribution in [1.82, 2.24) is 0 Å². The molecule has 0 aliphatic carbocycles. The summed E-state index contributed by atoms with van der Waals surface area (Å²) in [6.45, 7) is 0. The molecule has 4 rings (SSSR count). The lowest BCUT2D eigenvalue weighted by molar-refractivity contribution is -0.119. The Balaban J connectivity index is 2.04. The molecule has 0 fully saturated rings. The number of amides is 1. The molecule has 3 aromatic carbocycles. The zero-order valence-electron chi connectivity index (χ0n) is 14.2. The number of para-hydroxylation sites is 1. The van der Waals surface area contributed by atoms with E-state index in [1.54, 1.807) is 55.6 Å². The lowest BCUT2D eigenvalue weighted by atomic mass is 9.67. The van der Waals surface area contributed by atoms with E-state index >= 15 is 0 Å². The molecule has 1 aliphatic heterocycles. The summed E-state index contributed by atoms with van der Waals surface area (Å²) in [6.07, 6.45) is 0. The molecule has 0 saturated heterocycles. The van der Waals surface area contributed by atoms with Crippen molar-refractivity contribution >= 4 is 17.4 Å². The fourth-order valence-electron chi connectivity index (χ4n) is 3.55. The second-order valence-electron chi connectivity index (χ2n) is 6.18. The van der Waals surface area contributed by atoms with Gasteiger partial charge in [-0.15, -0.1) is 0 Å². The number of hydrogen-bond donors (Lipinski definition) is 1. The van der Waals surface area contributed by atoms with Gasteiger partial charge in [0.2, 0.25) is 5.91 Å². The number of benzene rings is 3. The van der Waals surface area contributed by atoms with Crippen LogP contribution in [0.3, 0.4) is 0 Å². The molecule has 1 atom stereocenters. The Kier molecular flexibility index (Phi) is 3.81. The third-order valence-corrected chi connectivity index (χ3v) is 4.81. The molecule has 0 bridgehead atoms. The highest BCUT2D eigenvalue weighted by Gasteiger charge is 2.52. The minimum atomic E-state index is -1.45. The Bertz CT molecular complexity index is 997. The molecule has 1 amide bonds. The summed E-state index contributed by atoms with van der Waals surface area (Å²) in [4.78, 5) is 27.0. The number of ether oxygens (including phenoxy) is 1. The van der Waals surface area contributed by atoms with E-state index in [1.165, 1.54) is 0 Å². The first-order valence-electron chi connectivity index (χ1n) is 8.33. The number of ketones is 1. The van der Waals surface area contributed by atoms with Crippen LogP contribution in [0, 0.1) is 0 Å². The molecule has 0 aromatic heterocycles. The molecule has 128 valence electrons. The Morgan fingerprint density at radius 1 is 0.808 bits per heavy atom. The highest BCUT2D eigenvalue weighted by atomic mass is 16.5. The average molecular weight is 343 g/mol. The van der Waals surface area contributed by atoms with Crippen molar-refractivity contribution in [2.75, 3.05) is 12.4 Å². The van der Waals surface area contributed by atoms with E-state index in [4.69, 9.17) is 4.74 Å². The van der Waals surface area contributed by atoms with Gasteiger partial charge in [-0.3, -0.25) is 9.59 Å². The van der Waals surface area contributed by atoms with E-state index in [0.29, 0.717) is 28.1 Å². The SMILES string of the molecule is COc1cccc(C2(c3ccccc3)C(=O)Nc3ccccc3C2=O)c1. The first-order chi connectivity index (χ1) is 12.7. The largest absolute Gasteiger partial charge is 0.497 e. The highest BCUT2D eigenvalue weighted by molar-refractivity contribution is 6.30. The summed E-state index contributed by atoms with van der Waals surface area (Å²) in [7, 11) is 1.56. The average Bonchev–Trinajstić information content (AvgIpc) is 2.69. The van der Waals surface area contributed by atoms with E-state index in [9.17, 15) is 9.59 Å². The van der Waals surface area contributed by atoms with Crippen molar-refractivity contribution in [2.45, 2.75) is 5.41 Å². The van der Waals surface area contributed by atoms with Gasteiger partial charge < -0.3 is 10.1 Å². The molecule has 0 spiro atoms. The van der Waals surface area contributed by atoms with Gasteiger partial charge in [0.25, 0.3) is 0 Å². The van der Waals surface area contributed by atoms with Crippen LogP contribution in [0.15, 0.2) is 78.9 Å². The molecule has 0 radical (unpaired) electrons. The second-order valence-corrected chi connectivity index (χ2v) is 6.18. The van der Waals surface area contributed by atoms with Crippen molar-refractivity contribution < 1.29 is 14.3 Å². The zero-order chi connectivity index (χ0) is 18.1. The lowest BCUT2D eigenvalue weighted by Gasteiger charge is -2.36. The van der Waals surface area contributed by atoms with Gasteiger partial charge in [0.1, 0.15) is 5.75 Å². The maximum atomic E-state index is 13.6. The third kappa shape index (κ3) is 2.23. The van der Waals surface area contributed by atoms with Crippen molar-refractivity contribution in [3.05, 3.63) is 95.6 Å². The number of Topliss-reactive ketones (excluding diaryl/α,β-unsaturated/α-hetero) is 1. The number of methoxy groups -OCH3 is 1. The normalized spacial score (nSPS) is 18.8. The van der Waals surface area contributed by atoms with Crippen molar-refractivity contribution in [1.29, 1.82) is 0 Å². The summed E-state index contributed by atoms with van der Waals surface area (Å²) >= 11 is 0. The Hall–Kier alpha value is -3.40. The Morgan fingerprint density at radius 3 is 2.27 bits per heavy atom. The number of nitrogens with one attached hydrogen (secondary N) is 1. The third-order valence-electron chi connectivity index (χ3n) is 4.81. The molecule has 1 aliphatic rings. The van der Waals surface area contributed by atoms with Crippen LogP contribution in [0.1, 0.15) is 21.5 Å². The van der Waals surface area contributed by atoms with Gasteiger partial charge in [0.05, 0.1) is 12.8 Å². The van der Waals surface area contributed by atoms with Gasteiger partial charge in [0.15, 0.2) is 11.2 Å². The van der Waals surface area contributed by atoms with E-state index in [1.807, 2.05) is 30.3 Å². The molecule has 1 heterocycles. The van der Waals surface area contributed by atoms with E-state index in [-0.39, 0.29) is 11.7 Å². The number of carbonyl (C=O) groups excluding carboxylic acids is 2. The summed E-state index contributed by atoms with van der Waals surface area (Å²) in [5.74, 6) is -0.00535. The molecule has 1 unspecified atom stereocenters. The zero-order valence-corrected chi connectivity index (χ0v) is 14.2. The van der Waals surface area contributed by atoms with Gasteiger partial charge in [-0.05, 0) is 35.4 Å². The maximum absolute atomic E-state index is 13.6. The smallest absolute Gasteiger partial charge is 0.247 e. The molecule has 26 heavy (non-hydrogen) atoms. The van der Waals surface area contributed by atoms with Crippen LogP contribution in [0.25, 0.3) is 0 Å². The van der Waals surface area contributed by atoms with Crippen molar-refractivity contribution in [2.24, 2.45) is 0 Å². The quantitative estimate of drug-likeness (QED) is 0.736. The van der Waals surface area contributed by atoms with Gasteiger partial charge >= 0.3 is 0 Å². The number of rotatable bonds is 3. The molecule has 3 aromatic rings. The predicted molar refractivity (Wildman–Crippen MR) is 99.6 cm³/mol. The fraction of sp³-hybridized carbons (Fsp3) is 0.0909. The van der Waals surface area contributed by atoms with E-state index in [0.717, 1.165) is 0 Å². The summed E-state index contributed by atoms with van der Waals surface area (Å²) in [5, 5.41) is 2.92. The fourth-order valence-corrected chi connectivity index (χ4v) is 3.55. The highest BCUT2D eigenvalue weighted by Crippen LogP contribution is 2.42. The van der Waals surface area contributed by atoms with Crippen molar-refractivity contribution in [3.63, 3.8) is 0 Å². The molecule has 4 heteroatoms. The van der Waals surface area contributed by atoms with Crippen LogP contribution in [-0.4, -0.2) is 18.8 Å². The Morgan fingerprint density at radius 2 is 1.50 bits per heavy atom. The molecular weight excluding hydrogens is 326 g/mol. The second kappa shape index (κ2) is 6.15. The molecule has 0 saturated carbocycles. The minimum Gasteiger partial charge on any atom is -0.497 e. The summed E-state index contributed by atoms with van der Waals surface area (Å²) < 4.78 is 5.32. The van der Waals surface area contributed by atoms with Crippen LogP contribution in [0.5, 0.6) is 5.75 Å². The summed E-state index contributed by atoms with van der Waals surface area (Å²) in [6, 6.07) is 23.4. The van der Waals surface area contributed by atoms with E-state index in [2.05, 4.69) is 5.32 Å². The van der Waals surface area contributed by atoms with Gasteiger partial charge in [-0.25, -0.2) is 0 Å². The first-order valence-corrected chi connectivity index (χ1v) is 8.33. The monoisotopic (exact) mass is 343 g/mol. The van der Waals surface area contributed by atoms with Crippen LogP contribution in [0.2, 0.25) is 0 Å². The Labute approximate surface area is 151 Å². The molecule has 1 N–H and O–H groups in total. The molecular formula is C22H17NO3. The maximum Gasteiger partial charge on any atom is 0.247 e. The van der Waals surface area contributed by atoms with Crippen LogP contribution >= 0.6 is 0 Å². The lowest BCUT2D eigenvalue weighted by Crippen LogP contribution is -2.51. The molecule has 4 nitrogen and oxygen atoms in total. The first kappa shape index (κ1) is 16.1. The number of anilines is 1. The van der Waals surface area contributed by atoms with Gasteiger partial charge in [-0.2, -0.15) is 0 Å². The van der Waals surface area contributed by atoms with Gasteiger partial charge in [-0.1, -0.05) is 54.6 Å². The number of carbonyl (C=O) groups is 2. The van der Waals surface area contributed by atoms with E-state index < -0.39 is 5.41 Å². The van der Waals surface area contributed by atoms with Gasteiger partial charge in [0, 0.05) is 5.56 Å². The van der Waals surface area contributed by atoms with Crippen molar-refractivity contribution in [3.8, 4) is 5.75 Å². The van der Waals surface area contributed by atoms with Crippen LogP contribution in [0.4, 0.5) is 5.69 Å². The standard InChI is InChI=1S/C22H17NO3/c1-26-17-11-7-10-16(14-17)22(15-8-3-2-4-9-15)20(24)18-12-5-6-13-19(18)23-21(22)25/h2-14H,1H3,(H,23,25). The minimum absolute atomic E-state index is 0.240.